The van der Waals surface area contributed by atoms with Gasteiger partial charge in [-0.05, 0) is 13.2 Å². The SMILES string of the molecule is CSCCN1CCN(C(=O)Cc2c(C)[nH]c(=O)[nH]c2=O)CC1. The first-order valence-electron chi connectivity index (χ1n) is 7.32. The Morgan fingerprint density at radius 2 is 1.86 bits per heavy atom. The molecule has 2 N–H and O–H groups in total. The van der Waals surface area contributed by atoms with E-state index in [1.165, 1.54) is 0 Å². The van der Waals surface area contributed by atoms with Crippen LogP contribution in [-0.4, -0.2) is 70.4 Å². The number of hydrogen-bond donors (Lipinski definition) is 2. The molecule has 0 aromatic carbocycles. The zero-order valence-electron chi connectivity index (χ0n) is 13.0. The second-order valence-corrected chi connectivity index (χ2v) is 6.39. The van der Waals surface area contributed by atoms with E-state index in [9.17, 15) is 14.4 Å². The summed E-state index contributed by atoms with van der Waals surface area (Å²) in [6, 6.07) is 0. The van der Waals surface area contributed by atoms with Gasteiger partial charge in [-0.1, -0.05) is 0 Å². The van der Waals surface area contributed by atoms with Gasteiger partial charge in [0, 0.05) is 49.7 Å². The number of aromatic amines is 2. The zero-order valence-corrected chi connectivity index (χ0v) is 13.8. The molecule has 1 saturated heterocycles. The highest BCUT2D eigenvalue weighted by molar-refractivity contribution is 7.98. The molecule has 7 nitrogen and oxygen atoms in total. The van der Waals surface area contributed by atoms with Gasteiger partial charge in [0.1, 0.15) is 0 Å². The second kappa shape index (κ2) is 7.64. The van der Waals surface area contributed by atoms with E-state index in [1.807, 2.05) is 11.8 Å². The van der Waals surface area contributed by atoms with Crippen LogP contribution in [-0.2, 0) is 11.2 Å². The summed E-state index contributed by atoms with van der Waals surface area (Å²) in [5.74, 6) is 1.03. The summed E-state index contributed by atoms with van der Waals surface area (Å²) >= 11 is 1.82. The summed E-state index contributed by atoms with van der Waals surface area (Å²) in [5.41, 5.74) is -0.218. The number of carbonyl (C=O) groups excluding carboxylic acids is 1. The van der Waals surface area contributed by atoms with Crippen molar-refractivity contribution in [3.05, 3.63) is 32.1 Å². The number of rotatable bonds is 5. The highest BCUT2D eigenvalue weighted by atomic mass is 32.2. The average molecular weight is 326 g/mol. The number of aryl methyl sites for hydroxylation is 1. The molecule has 0 bridgehead atoms. The topological polar surface area (TPSA) is 89.3 Å². The van der Waals surface area contributed by atoms with Crippen LogP contribution in [0, 0.1) is 6.92 Å². The maximum absolute atomic E-state index is 12.3. The van der Waals surface area contributed by atoms with Gasteiger partial charge in [-0.15, -0.1) is 0 Å². The third-order valence-corrected chi connectivity index (χ3v) is 4.51. The van der Waals surface area contributed by atoms with Crippen LogP contribution in [0.15, 0.2) is 9.59 Å². The third-order valence-electron chi connectivity index (χ3n) is 3.92. The number of H-pyrrole nitrogens is 2. The quantitative estimate of drug-likeness (QED) is 0.756. The maximum Gasteiger partial charge on any atom is 0.325 e. The van der Waals surface area contributed by atoms with Gasteiger partial charge in [0.25, 0.3) is 5.56 Å². The Balaban J connectivity index is 1.94. The molecule has 122 valence electrons. The molecule has 2 rings (SSSR count). The van der Waals surface area contributed by atoms with Gasteiger partial charge in [-0.25, -0.2) is 4.79 Å². The Hall–Kier alpha value is -1.54. The molecule has 0 radical (unpaired) electrons. The number of aromatic nitrogens is 2. The number of carbonyl (C=O) groups is 1. The van der Waals surface area contributed by atoms with Crippen molar-refractivity contribution in [1.29, 1.82) is 0 Å². The molecule has 0 atom stereocenters. The van der Waals surface area contributed by atoms with Gasteiger partial charge in [-0.3, -0.25) is 19.5 Å². The van der Waals surface area contributed by atoms with Gasteiger partial charge in [-0.2, -0.15) is 11.8 Å². The molecule has 0 unspecified atom stereocenters. The number of nitrogens with zero attached hydrogens (tertiary/aromatic N) is 2. The van der Waals surface area contributed by atoms with Crippen molar-refractivity contribution in [3.8, 4) is 0 Å². The van der Waals surface area contributed by atoms with Gasteiger partial charge in [0.15, 0.2) is 0 Å². The molecule has 2 heterocycles. The molecule has 1 fully saturated rings. The Labute approximate surface area is 133 Å². The number of piperazine rings is 1. The predicted molar refractivity (Wildman–Crippen MR) is 87.5 cm³/mol. The first-order chi connectivity index (χ1) is 10.5. The molecule has 0 saturated carbocycles. The van der Waals surface area contributed by atoms with Gasteiger partial charge < -0.3 is 9.88 Å². The monoisotopic (exact) mass is 326 g/mol. The smallest absolute Gasteiger partial charge is 0.325 e. The van der Waals surface area contributed by atoms with Crippen molar-refractivity contribution in [2.75, 3.05) is 44.7 Å². The van der Waals surface area contributed by atoms with E-state index in [0.717, 1.165) is 25.4 Å². The Kier molecular flexibility index (Phi) is 5.84. The molecule has 1 amide bonds. The molecule has 1 aliphatic heterocycles. The minimum atomic E-state index is -0.541. The fourth-order valence-corrected chi connectivity index (χ4v) is 2.98. The molecule has 1 aromatic rings. The zero-order chi connectivity index (χ0) is 16.1. The molecular formula is C14H22N4O3S. The number of amides is 1. The number of hydrogen-bond acceptors (Lipinski definition) is 5. The van der Waals surface area contributed by atoms with E-state index in [4.69, 9.17) is 0 Å². The lowest BCUT2D eigenvalue weighted by molar-refractivity contribution is -0.132. The minimum Gasteiger partial charge on any atom is -0.340 e. The summed E-state index contributed by atoms with van der Waals surface area (Å²) < 4.78 is 0. The van der Waals surface area contributed by atoms with Crippen molar-refractivity contribution >= 4 is 17.7 Å². The first kappa shape index (κ1) is 16.8. The van der Waals surface area contributed by atoms with Crippen LogP contribution in [0.25, 0.3) is 0 Å². The van der Waals surface area contributed by atoms with E-state index in [0.29, 0.717) is 24.3 Å². The standard InChI is InChI=1S/C14H22N4O3S/c1-10-11(13(20)16-14(21)15-10)9-12(19)18-5-3-17(4-6-18)7-8-22-2/h3-9H2,1-2H3,(H2,15,16,20,21). The Morgan fingerprint density at radius 1 is 1.18 bits per heavy atom. The van der Waals surface area contributed by atoms with Gasteiger partial charge in [0.05, 0.1) is 6.42 Å². The van der Waals surface area contributed by atoms with Crippen LogP contribution in [0.1, 0.15) is 11.3 Å². The molecule has 1 aliphatic rings. The van der Waals surface area contributed by atoms with Gasteiger partial charge in [0.2, 0.25) is 5.91 Å². The van der Waals surface area contributed by atoms with Crippen LogP contribution >= 0.6 is 11.8 Å². The molecule has 8 heteroatoms. The molecule has 22 heavy (non-hydrogen) atoms. The fourth-order valence-electron chi connectivity index (χ4n) is 2.54. The third kappa shape index (κ3) is 4.23. The van der Waals surface area contributed by atoms with Crippen LogP contribution < -0.4 is 11.2 Å². The molecular weight excluding hydrogens is 304 g/mol. The van der Waals surface area contributed by atoms with E-state index in [-0.39, 0.29) is 12.3 Å². The van der Waals surface area contributed by atoms with Crippen LogP contribution in [0.2, 0.25) is 0 Å². The normalized spacial score (nSPS) is 16.0. The minimum absolute atomic E-state index is 0.0305. The first-order valence-corrected chi connectivity index (χ1v) is 8.71. The fraction of sp³-hybridized carbons (Fsp3) is 0.643. The Bertz CT molecular complexity index is 632. The van der Waals surface area contributed by atoms with Crippen LogP contribution in [0.5, 0.6) is 0 Å². The van der Waals surface area contributed by atoms with Crippen molar-refractivity contribution in [3.63, 3.8) is 0 Å². The molecule has 0 aliphatic carbocycles. The summed E-state index contributed by atoms with van der Waals surface area (Å²) in [6.45, 7) is 5.79. The lowest BCUT2D eigenvalue weighted by Crippen LogP contribution is -2.50. The second-order valence-electron chi connectivity index (χ2n) is 5.40. The molecule has 0 spiro atoms. The van der Waals surface area contributed by atoms with Crippen molar-refractivity contribution in [2.45, 2.75) is 13.3 Å². The summed E-state index contributed by atoms with van der Waals surface area (Å²) in [7, 11) is 0. The number of nitrogens with one attached hydrogen (secondary N) is 2. The number of thioether (sulfide) groups is 1. The van der Waals surface area contributed by atoms with Crippen molar-refractivity contribution < 1.29 is 4.79 Å². The summed E-state index contributed by atoms with van der Waals surface area (Å²) in [4.78, 5) is 44.1. The largest absolute Gasteiger partial charge is 0.340 e. The molecule has 1 aromatic heterocycles. The van der Waals surface area contributed by atoms with Crippen LogP contribution in [0.4, 0.5) is 0 Å². The maximum atomic E-state index is 12.3. The average Bonchev–Trinajstić information content (AvgIpc) is 2.49. The summed E-state index contributed by atoms with van der Waals surface area (Å²) in [6.07, 6.45) is 2.12. The van der Waals surface area contributed by atoms with E-state index < -0.39 is 11.2 Å². The predicted octanol–water partition coefficient (Wildman–Crippen LogP) is -0.579. The van der Waals surface area contributed by atoms with Crippen molar-refractivity contribution in [2.24, 2.45) is 0 Å². The van der Waals surface area contributed by atoms with E-state index in [1.54, 1.807) is 11.8 Å². The lowest BCUT2D eigenvalue weighted by Gasteiger charge is -2.34. The Morgan fingerprint density at radius 3 is 2.45 bits per heavy atom. The summed E-state index contributed by atoms with van der Waals surface area (Å²) in [5, 5.41) is 0. The lowest BCUT2D eigenvalue weighted by atomic mass is 10.1. The van der Waals surface area contributed by atoms with Gasteiger partial charge >= 0.3 is 5.69 Å². The van der Waals surface area contributed by atoms with Crippen molar-refractivity contribution in [1.82, 2.24) is 19.8 Å². The van der Waals surface area contributed by atoms with Crippen LogP contribution in [0.3, 0.4) is 0 Å². The highest BCUT2D eigenvalue weighted by Gasteiger charge is 2.22. The van der Waals surface area contributed by atoms with E-state index >= 15 is 0 Å². The van der Waals surface area contributed by atoms with E-state index in [2.05, 4.69) is 21.1 Å². The highest BCUT2D eigenvalue weighted by Crippen LogP contribution is 2.06.